The van der Waals surface area contributed by atoms with E-state index in [4.69, 9.17) is 0 Å². The number of piperazine rings is 1. The molecule has 0 bridgehead atoms. The lowest BCUT2D eigenvalue weighted by Crippen LogP contribution is -2.50. The van der Waals surface area contributed by atoms with Crippen LogP contribution in [-0.4, -0.2) is 76.7 Å². The topological polar surface area (TPSA) is 95.1 Å². The minimum atomic E-state index is -3.30. The van der Waals surface area contributed by atoms with Gasteiger partial charge in [0.15, 0.2) is 0 Å². The Morgan fingerprint density at radius 1 is 1.08 bits per heavy atom. The molecular weight excluding hydrogens is 366 g/mol. The van der Waals surface area contributed by atoms with Gasteiger partial charge in [-0.05, 0) is 24.6 Å². The van der Waals surface area contributed by atoms with E-state index in [1.165, 1.54) is 8.61 Å². The van der Waals surface area contributed by atoms with Gasteiger partial charge in [-0.2, -0.15) is 4.31 Å². The number of nitrogens with zero attached hydrogens (tertiary/aromatic N) is 3. The molecule has 2 heterocycles. The Morgan fingerprint density at radius 2 is 1.76 bits per heavy atom. The maximum Gasteiger partial charge on any atom is 0.254 e. The van der Waals surface area contributed by atoms with Crippen LogP contribution in [0.25, 0.3) is 0 Å². The second-order valence-electron chi connectivity index (χ2n) is 6.25. The predicted octanol–water partition coefficient (Wildman–Crippen LogP) is -0.0561. The van der Waals surface area contributed by atoms with E-state index >= 15 is 0 Å². The summed E-state index contributed by atoms with van der Waals surface area (Å²) in [5.74, 6) is -0.0925. The highest BCUT2D eigenvalue weighted by Crippen LogP contribution is 2.25. The van der Waals surface area contributed by atoms with E-state index in [-0.39, 0.29) is 24.7 Å². The van der Waals surface area contributed by atoms with E-state index < -0.39 is 20.0 Å². The third kappa shape index (κ3) is 3.80. The lowest BCUT2D eigenvalue weighted by atomic mass is 10.1. The number of sulfonamides is 2. The lowest BCUT2D eigenvalue weighted by Gasteiger charge is -2.33. The van der Waals surface area contributed by atoms with Crippen LogP contribution in [0.15, 0.2) is 24.3 Å². The van der Waals surface area contributed by atoms with Crippen LogP contribution in [-0.2, 0) is 20.0 Å². The van der Waals surface area contributed by atoms with Crippen LogP contribution < -0.4 is 4.31 Å². The molecule has 8 nitrogen and oxygen atoms in total. The van der Waals surface area contributed by atoms with Gasteiger partial charge in [-0.25, -0.2) is 16.8 Å². The van der Waals surface area contributed by atoms with Crippen molar-refractivity contribution in [3.63, 3.8) is 0 Å². The first-order valence-electron chi connectivity index (χ1n) is 8.03. The summed E-state index contributed by atoms with van der Waals surface area (Å²) < 4.78 is 49.9. The summed E-state index contributed by atoms with van der Waals surface area (Å²) in [4.78, 5) is 14.3. The molecule has 2 aliphatic heterocycles. The van der Waals surface area contributed by atoms with Crippen LogP contribution in [0.4, 0.5) is 5.69 Å². The van der Waals surface area contributed by atoms with Gasteiger partial charge in [0, 0.05) is 38.3 Å². The van der Waals surface area contributed by atoms with E-state index in [0.717, 1.165) is 6.26 Å². The predicted molar refractivity (Wildman–Crippen MR) is 94.5 cm³/mol. The highest BCUT2D eigenvalue weighted by atomic mass is 32.2. The normalized spacial score (nSPS) is 21.5. The molecule has 25 heavy (non-hydrogen) atoms. The van der Waals surface area contributed by atoms with Crippen molar-refractivity contribution < 1.29 is 21.6 Å². The molecule has 1 aromatic rings. The quantitative estimate of drug-likeness (QED) is 0.724. The van der Waals surface area contributed by atoms with Crippen LogP contribution in [0, 0.1) is 0 Å². The zero-order valence-electron chi connectivity index (χ0n) is 14.0. The van der Waals surface area contributed by atoms with Crippen molar-refractivity contribution in [3.8, 4) is 0 Å². The largest absolute Gasteiger partial charge is 0.336 e. The smallest absolute Gasteiger partial charge is 0.254 e. The van der Waals surface area contributed by atoms with E-state index in [0.29, 0.717) is 37.3 Å². The molecule has 0 radical (unpaired) electrons. The average Bonchev–Trinajstić information content (AvgIpc) is 2.93. The standard InChI is InChI=1S/C15H21N3O5S2/c1-24(20,21)17-9-7-16(8-10-17)15(19)13-4-2-5-14(12-13)18-6-3-11-25(18,22)23/h2,4-5,12H,3,6-11H2,1H3. The Kier molecular flexibility index (Phi) is 4.78. The van der Waals surface area contributed by atoms with Crippen molar-refractivity contribution in [2.45, 2.75) is 6.42 Å². The summed E-state index contributed by atoms with van der Waals surface area (Å²) in [7, 11) is -6.54. The number of rotatable bonds is 3. The van der Waals surface area contributed by atoms with Crippen molar-refractivity contribution in [1.29, 1.82) is 0 Å². The average molecular weight is 387 g/mol. The molecule has 2 aliphatic rings. The van der Waals surface area contributed by atoms with Crippen molar-refractivity contribution in [1.82, 2.24) is 9.21 Å². The number of hydrogen-bond acceptors (Lipinski definition) is 5. The molecule has 0 unspecified atom stereocenters. The molecule has 0 atom stereocenters. The van der Waals surface area contributed by atoms with Gasteiger partial charge >= 0.3 is 0 Å². The third-order valence-corrected chi connectivity index (χ3v) is 7.65. The van der Waals surface area contributed by atoms with E-state index in [9.17, 15) is 21.6 Å². The molecule has 10 heteroatoms. The number of carbonyl (C=O) groups is 1. The highest BCUT2D eigenvalue weighted by Gasteiger charge is 2.30. The summed E-state index contributed by atoms with van der Waals surface area (Å²) in [6.45, 7) is 1.60. The Bertz CT molecular complexity index is 874. The lowest BCUT2D eigenvalue weighted by molar-refractivity contribution is 0.0698. The first-order valence-corrected chi connectivity index (χ1v) is 11.5. The van der Waals surface area contributed by atoms with Gasteiger partial charge in [-0.15, -0.1) is 0 Å². The molecule has 0 N–H and O–H groups in total. The fraction of sp³-hybridized carbons (Fsp3) is 0.533. The third-order valence-electron chi connectivity index (χ3n) is 4.48. The molecule has 0 aromatic heterocycles. The molecule has 3 rings (SSSR count). The number of carbonyl (C=O) groups excluding carboxylic acids is 1. The maximum absolute atomic E-state index is 12.7. The van der Waals surface area contributed by atoms with Crippen molar-refractivity contribution in [2.24, 2.45) is 0 Å². The molecule has 0 spiro atoms. The molecule has 1 amide bonds. The minimum absolute atomic E-state index is 0.124. The van der Waals surface area contributed by atoms with E-state index in [1.807, 2.05) is 0 Å². The highest BCUT2D eigenvalue weighted by molar-refractivity contribution is 7.93. The Morgan fingerprint density at radius 3 is 2.32 bits per heavy atom. The molecule has 138 valence electrons. The Hall–Kier alpha value is -1.65. The second-order valence-corrected chi connectivity index (χ2v) is 10.2. The zero-order valence-corrected chi connectivity index (χ0v) is 15.6. The van der Waals surface area contributed by atoms with Crippen LogP contribution in [0.2, 0.25) is 0 Å². The van der Waals surface area contributed by atoms with Gasteiger partial charge in [-0.1, -0.05) is 6.07 Å². The van der Waals surface area contributed by atoms with Gasteiger partial charge < -0.3 is 4.90 Å². The number of amides is 1. The number of hydrogen-bond donors (Lipinski definition) is 0. The monoisotopic (exact) mass is 387 g/mol. The fourth-order valence-electron chi connectivity index (χ4n) is 3.13. The van der Waals surface area contributed by atoms with Crippen LogP contribution in [0.5, 0.6) is 0 Å². The molecule has 0 saturated carbocycles. The Labute approximate surface area is 148 Å². The van der Waals surface area contributed by atoms with Gasteiger partial charge in [0.2, 0.25) is 20.0 Å². The SMILES string of the molecule is CS(=O)(=O)N1CCN(C(=O)c2cccc(N3CCCS3(=O)=O)c2)CC1. The molecule has 0 aliphatic carbocycles. The van der Waals surface area contributed by atoms with Crippen molar-refractivity contribution >= 4 is 31.6 Å². The van der Waals surface area contributed by atoms with Gasteiger partial charge in [-0.3, -0.25) is 9.10 Å². The molecule has 2 fully saturated rings. The molecule has 2 saturated heterocycles. The van der Waals surface area contributed by atoms with Gasteiger partial charge in [0.05, 0.1) is 17.7 Å². The van der Waals surface area contributed by atoms with Gasteiger partial charge in [0.25, 0.3) is 5.91 Å². The zero-order chi connectivity index (χ0) is 18.2. The van der Waals surface area contributed by atoms with Crippen LogP contribution in [0.1, 0.15) is 16.8 Å². The first-order chi connectivity index (χ1) is 11.7. The summed E-state index contributed by atoms with van der Waals surface area (Å²) in [5, 5.41) is 0. The summed E-state index contributed by atoms with van der Waals surface area (Å²) in [6, 6.07) is 6.59. The molecular formula is C15H21N3O5S2. The minimum Gasteiger partial charge on any atom is -0.336 e. The van der Waals surface area contributed by atoms with Crippen molar-refractivity contribution in [2.75, 3.05) is 49.0 Å². The second kappa shape index (κ2) is 6.58. The van der Waals surface area contributed by atoms with E-state index in [2.05, 4.69) is 0 Å². The first kappa shape index (κ1) is 18.2. The number of anilines is 1. The summed E-state index contributed by atoms with van der Waals surface area (Å²) in [5.41, 5.74) is 0.908. The summed E-state index contributed by atoms with van der Waals surface area (Å²) in [6.07, 6.45) is 1.73. The van der Waals surface area contributed by atoms with Crippen LogP contribution in [0.3, 0.4) is 0 Å². The Balaban J connectivity index is 1.75. The van der Waals surface area contributed by atoms with Gasteiger partial charge in [0.1, 0.15) is 0 Å². The molecule has 1 aromatic carbocycles. The van der Waals surface area contributed by atoms with Crippen LogP contribution >= 0.6 is 0 Å². The van der Waals surface area contributed by atoms with Crippen molar-refractivity contribution in [3.05, 3.63) is 29.8 Å². The van der Waals surface area contributed by atoms with E-state index in [1.54, 1.807) is 29.2 Å². The summed E-state index contributed by atoms with van der Waals surface area (Å²) >= 11 is 0. The fourth-order valence-corrected chi connectivity index (χ4v) is 5.51. The maximum atomic E-state index is 12.7. The number of benzene rings is 1.